The van der Waals surface area contributed by atoms with Crippen molar-refractivity contribution in [2.24, 2.45) is 0 Å². The molecule has 35 heavy (non-hydrogen) atoms. The first-order valence-corrected chi connectivity index (χ1v) is 13.4. The van der Waals surface area contributed by atoms with Crippen molar-refractivity contribution in [2.75, 3.05) is 6.61 Å². The highest BCUT2D eigenvalue weighted by atomic mass is 31.3. The average Bonchev–Trinajstić information content (AvgIpc) is 3.06. The Kier molecular flexibility index (Phi) is 8.29. The highest BCUT2D eigenvalue weighted by molar-refractivity contribution is 7.61. The molecule has 0 bridgehead atoms. The predicted octanol–water partition coefficient (Wildman–Crippen LogP) is -1.01. The van der Waals surface area contributed by atoms with Crippen molar-refractivity contribution >= 4 is 15.6 Å². The molecule has 2 saturated heterocycles. The van der Waals surface area contributed by atoms with E-state index >= 15 is 0 Å². The molecule has 9 atom stereocenters. The van der Waals surface area contributed by atoms with Crippen LogP contribution in [0.4, 0.5) is 0 Å². The molecule has 2 fully saturated rings. The van der Waals surface area contributed by atoms with Gasteiger partial charge in [0.1, 0.15) is 18.4 Å². The van der Waals surface area contributed by atoms with Crippen molar-refractivity contribution in [3.63, 3.8) is 0 Å². The van der Waals surface area contributed by atoms with Gasteiger partial charge in [0.05, 0.1) is 24.4 Å². The number of ether oxygens (including phenoxy) is 2. The lowest BCUT2D eigenvalue weighted by atomic mass is 9.89. The van der Waals surface area contributed by atoms with Crippen LogP contribution in [0.15, 0.2) is 15.8 Å². The maximum atomic E-state index is 12.2. The van der Waals surface area contributed by atoms with Crippen LogP contribution in [0, 0.1) is 6.92 Å². The van der Waals surface area contributed by atoms with Crippen molar-refractivity contribution < 1.29 is 57.1 Å². The van der Waals surface area contributed by atoms with Gasteiger partial charge in [-0.2, -0.15) is 4.31 Å². The predicted molar refractivity (Wildman–Crippen MR) is 114 cm³/mol. The minimum absolute atomic E-state index is 0.124. The minimum atomic E-state index is -5.28. The third kappa shape index (κ3) is 6.95. The van der Waals surface area contributed by atoms with Crippen LogP contribution in [0.3, 0.4) is 0 Å². The minimum Gasteiger partial charge on any atom is -0.390 e. The molecule has 3 rings (SSSR count). The highest BCUT2D eigenvalue weighted by Crippen LogP contribution is 2.61. The summed E-state index contributed by atoms with van der Waals surface area (Å²) >= 11 is 0. The zero-order valence-corrected chi connectivity index (χ0v) is 20.7. The summed E-state index contributed by atoms with van der Waals surface area (Å²) in [6, 6.07) is 0. The Morgan fingerprint density at radius 1 is 1.23 bits per heavy atom. The number of aliphatic hydroxyl groups is 3. The molecule has 0 radical (unpaired) electrons. The van der Waals surface area contributed by atoms with E-state index in [4.69, 9.17) is 14.0 Å². The van der Waals surface area contributed by atoms with E-state index in [-0.39, 0.29) is 12.0 Å². The third-order valence-corrected chi connectivity index (χ3v) is 8.18. The molecule has 16 nitrogen and oxygen atoms in total. The van der Waals surface area contributed by atoms with Gasteiger partial charge in [-0.15, -0.1) is 0 Å². The van der Waals surface area contributed by atoms with E-state index in [1.165, 1.54) is 27.0 Å². The fourth-order valence-electron chi connectivity index (χ4n) is 3.71. The number of hydrogen-bond donors (Lipinski definition) is 6. The second-order valence-electron chi connectivity index (χ2n) is 8.61. The molecular formula is C17H28N2O14P2. The maximum absolute atomic E-state index is 12.2. The number of nitrogens with one attached hydrogen (secondary N) is 1. The van der Waals surface area contributed by atoms with E-state index in [1.807, 2.05) is 0 Å². The van der Waals surface area contributed by atoms with Gasteiger partial charge < -0.3 is 34.6 Å². The van der Waals surface area contributed by atoms with E-state index in [0.29, 0.717) is 0 Å². The molecule has 200 valence electrons. The van der Waals surface area contributed by atoms with Gasteiger partial charge in [-0.1, -0.05) is 0 Å². The smallest absolute Gasteiger partial charge is 0.390 e. The van der Waals surface area contributed by atoms with Crippen LogP contribution in [0.1, 0.15) is 38.5 Å². The second-order valence-corrected chi connectivity index (χ2v) is 11.6. The Balaban J connectivity index is 1.58. The zero-order valence-electron chi connectivity index (χ0n) is 18.9. The largest absolute Gasteiger partial charge is 0.483 e. The summed E-state index contributed by atoms with van der Waals surface area (Å²) in [4.78, 5) is 45.3. The van der Waals surface area contributed by atoms with E-state index in [2.05, 4.69) is 13.8 Å². The van der Waals surface area contributed by atoms with E-state index in [9.17, 15) is 43.8 Å². The first-order chi connectivity index (χ1) is 16.0. The number of H-pyrrole nitrogens is 1. The molecule has 6 N–H and O–H groups in total. The zero-order chi connectivity index (χ0) is 26.3. The quantitative estimate of drug-likeness (QED) is 0.214. The third-order valence-electron chi connectivity index (χ3n) is 5.55. The van der Waals surface area contributed by atoms with Crippen LogP contribution in [-0.4, -0.2) is 77.6 Å². The highest BCUT2D eigenvalue weighted by Gasteiger charge is 2.47. The lowest BCUT2D eigenvalue weighted by Gasteiger charge is -2.41. The molecule has 0 saturated carbocycles. The van der Waals surface area contributed by atoms with Gasteiger partial charge in [-0.3, -0.25) is 23.4 Å². The molecule has 0 aliphatic carbocycles. The van der Waals surface area contributed by atoms with Crippen LogP contribution < -0.4 is 11.2 Å². The Bertz CT molecular complexity index is 1130. The second kappa shape index (κ2) is 10.2. The molecule has 0 spiro atoms. The lowest BCUT2D eigenvalue weighted by Crippen LogP contribution is -2.54. The fourth-order valence-corrected chi connectivity index (χ4v) is 5.86. The summed E-state index contributed by atoms with van der Waals surface area (Å²) in [7, 11) is -10.5. The number of hydrogen-bond acceptors (Lipinski definition) is 12. The van der Waals surface area contributed by atoms with Gasteiger partial charge in [-0.25, -0.2) is 13.9 Å². The molecule has 1 aromatic heterocycles. The van der Waals surface area contributed by atoms with Gasteiger partial charge in [0, 0.05) is 24.6 Å². The lowest BCUT2D eigenvalue weighted by molar-refractivity contribution is -0.251. The Morgan fingerprint density at radius 2 is 1.89 bits per heavy atom. The van der Waals surface area contributed by atoms with Crippen LogP contribution in [0.5, 0.6) is 0 Å². The number of phosphoric ester groups is 2. The Morgan fingerprint density at radius 3 is 2.51 bits per heavy atom. The number of rotatable bonds is 8. The van der Waals surface area contributed by atoms with Gasteiger partial charge >= 0.3 is 21.3 Å². The molecule has 2 unspecified atom stereocenters. The van der Waals surface area contributed by atoms with E-state index in [0.717, 1.165) is 4.57 Å². The van der Waals surface area contributed by atoms with Crippen molar-refractivity contribution in [3.8, 4) is 0 Å². The Hall–Kier alpha value is -1.26. The van der Waals surface area contributed by atoms with Crippen LogP contribution >= 0.6 is 15.6 Å². The first kappa shape index (κ1) is 28.3. The van der Waals surface area contributed by atoms with Gasteiger partial charge in [-0.05, 0) is 20.8 Å². The molecule has 1 aromatic rings. The average molecular weight is 546 g/mol. The van der Waals surface area contributed by atoms with Crippen molar-refractivity contribution in [1.82, 2.24) is 9.55 Å². The number of aliphatic hydroxyl groups excluding tert-OH is 2. The first-order valence-electron chi connectivity index (χ1n) is 10.4. The van der Waals surface area contributed by atoms with Gasteiger partial charge in [0.25, 0.3) is 5.56 Å². The SMILES string of the molecule is Cc1cn([C@H]2C[C@H](O)[C@@H](COP(=O)(O)OP(=O)(O)O[C@H]3C[C@](C)(O)[C@H](O)[C@@H](C)O3)O2)c(=O)[nH]c1=O. The van der Waals surface area contributed by atoms with E-state index < -0.39 is 82.5 Å². The normalized spacial score (nSPS) is 37.0. The molecule has 2 aliphatic rings. The topological polar surface area (TPSA) is 236 Å². The van der Waals surface area contributed by atoms with E-state index in [1.54, 1.807) is 0 Å². The number of aromatic amines is 1. The van der Waals surface area contributed by atoms with Gasteiger partial charge in [0.15, 0.2) is 6.29 Å². The Labute approximate surface area is 198 Å². The van der Waals surface area contributed by atoms with Crippen LogP contribution in [0.25, 0.3) is 0 Å². The van der Waals surface area contributed by atoms with Crippen molar-refractivity contribution in [1.29, 1.82) is 0 Å². The number of nitrogens with zero attached hydrogens (tertiary/aromatic N) is 1. The van der Waals surface area contributed by atoms with Crippen molar-refractivity contribution in [3.05, 3.63) is 32.6 Å². The molecule has 18 heteroatoms. The summed E-state index contributed by atoms with van der Waals surface area (Å²) in [5.74, 6) is 0. The van der Waals surface area contributed by atoms with Gasteiger partial charge in [0.2, 0.25) is 0 Å². The summed E-state index contributed by atoms with van der Waals surface area (Å²) in [5.41, 5.74) is -2.91. The molecule has 0 amide bonds. The summed E-state index contributed by atoms with van der Waals surface area (Å²) < 4.78 is 49.7. The number of aromatic nitrogens is 2. The molecule has 0 aromatic carbocycles. The monoisotopic (exact) mass is 546 g/mol. The number of phosphoric acid groups is 2. The fraction of sp³-hybridized carbons (Fsp3) is 0.765. The summed E-state index contributed by atoms with van der Waals surface area (Å²) in [6.45, 7) is 3.30. The molecule has 3 heterocycles. The maximum Gasteiger partial charge on any atom is 0.483 e. The summed E-state index contributed by atoms with van der Waals surface area (Å²) in [6.07, 6.45) is -6.73. The van der Waals surface area contributed by atoms with Crippen LogP contribution in [0.2, 0.25) is 0 Å². The van der Waals surface area contributed by atoms with Crippen LogP contribution in [-0.2, 0) is 32.0 Å². The number of aryl methyl sites for hydroxylation is 1. The van der Waals surface area contributed by atoms with Crippen molar-refractivity contribution in [2.45, 2.75) is 76.1 Å². The standard InChI is InChI=1S/C17H28N2O14P2/c1-8-6-19(16(23)18-15(8)22)12-4-10(20)11(31-12)7-29-34(25,26)33-35(27,28)32-13-5-17(3,24)14(21)9(2)30-13/h6,9-14,20-21,24H,4-5,7H2,1-3H3,(H,25,26)(H,27,28)(H,18,22,23)/t9-,10+,11-,12-,13+,14-,17+/m1/s1. The molecule has 2 aliphatic heterocycles. The summed E-state index contributed by atoms with van der Waals surface area (Å²) in [5, 5.41) is 30.2. The molecular weight excluding hydrogens is 518 g/mol.